The summed E-state index contributed by atoms with van der Waals surface area (Å²) in [5, 5.41) is 2.41. The van der Waals surface area contributed by atoms with Crippen molar-refractivity contribution in [1.82, 2.24) is 4.90 Å². The van der Waals surface area contributed by atoms with Gasteiger partial charge >= 0.3 is 17.8 Å². The first kappa shape index (κ1) is 20.3. The van der Waals surface area contributed by atoms with Crippen LogP contribution in [0, 0.1) is 5.82 Å². The van der Waals surface area contributed by atoms with Gasteiger partial charge in [0.2, 0.25) is 5.91 Å². The van der Waals surface area contributed by atoms with Crippen LogP contribution in [0.4, 0.5) is 20.6 Å². The van der Waals surface area contributed by atoms with Crippen LogP contribution in [0.3, 0.4) is 0 Å². The van der Waals surface area contributed by atoms with E-state index in [1.807, 2.05) is 0 Å². The van der Waals surface area contributed by atoms with Gasteiger partial charge < -0.3 is 10.1 Å². The minimum Gasteiger partial charge on any atom is -0.492 e. The van der Waals surface area contributed by atoms with E-state index in [0.29, 0.717) is 9.80 Å². The Hall–Kier alpha value is -3.46. The Kier molecular flexibility index (Phi) is 5.79. The lowest BCUT2D eigenvalue weighted by molar-refractivity contribution is -0.140. The molecule has 150 valence electrons. The maximum atomic E-state index is 13.8. The van der Waals surface area contributed by atoms with Crippen molar-refractivity contribution in [2.24, 2.45) is 0 Å². The van der Waals surface area contributed by atoms with Crippen molar-refractivity contribution >= 4 is 46.7 Å². The number of carbonyl (C=O) groups is 4. The number of amides is 5. The molecule has 8 nitrogen and oxygen atoms in total. The van der Waals surface area contributed by atoms with Crippen LogP contribution in [0.2, 0.25) is 5.02 Å². The van der Waals surface area contributed by atoms with E-state index in [-0.39, 0.29) is 28.8 Å². The Morgan fingerprint density at radius 2 is 1.86 bits per heavy atom. The number of imide groups is 2. The molecule has 10 heteroatoms. The molecule has 1 fully saturated rings. The summed E-state index contributed by atoms with van der Waals surface area (Å²) in [4.78, 5) is 50.7. The molecule has 0 atom stereocenters. The zero-order chi connectivity index (χ0) is 21.1. The number of anilines is 2. The minimum atomic E-state index is -1.18. The molecule has 0 saturated carbocycles. The number of halogens is 2. The van der Waals surface area contributed by atoms with Crippen LogP contribution < -0.4 is 15.0 Å². The lowest BCUT2D eigenvalue weighted by Gasteiger charge is -2.18. The van der Waals surface area contributed by atoms with Crippen molar-refractivity contribution in [1.29, 1.82) is 0 Å². The highest BCUT2D eigenvalue weighted by atomic mass is 35.5. The number of urea groups is 1. The molecule has 1 aliphatic heterocycles. The van der Waals surface area contributed by atoms with Crippen molar-refractivity contribution in [3.8, 4) is 5.75 Å². The molecule has 1 aliphatic rings. The monoisotopic (exact) mass is 419 g/mol. The molecule has 0 aliphatic carbocycles. The first-order chi connectivity index (χ1) is 13.8. The number of hydrogen-bond donors (Lipinski definition) is 1. The topological polar surface area (TPSA) is 96.0 Å². The second-order valence-electron chi connectivity index (χ2n) is 5.89. The third kappa shape index (κ3) is 4.04. The standard InChI is InChI=1S/C19H15ClFN3O5/c1-2-29-15-6-4-3-5-14(15)24-18(27)17(26)23(19(24)28)10-16(25)22-13-9-11(20)7-8-12(13)21/h3-9H,2,10H2,1H3,(H,22,25). The van der Waals surface area contributed by atoms with Gasteiger partial charge in [0, 0.05) is 5.02 Å². The summed E-state index contributed by atoms with van der Waals surface area (Å²) >= 11 is 5.76. The summed E-state index contributed by atoms with van der Waals surface area (Å²) in [6.07, 6.45) is 0. The van der Waals surface area contributed by atoms with Crippen LogP contribution >= 0.6 is 11.6 Å². The van der Waals surface area contributed by atoms with E-state index in [1.54, 1.807) is 25.1 Å². The van der Waals surface area contributed by atoms with E-state index in [0.717, 1.165) is 6.07 Å². The highest BCUT2D eigenvalue weighted by Gasteiger charge is 2.47. The molecule has 0 bridgehead atoms. The van der Waals surface area contributed by atoms with Crippen LogP contribution in [-0.4, -0.2) is 41.8 Å². The van der Waals surface area contributed by atoms with Crippen molar-refractivity contribution in [3.63, 3.8) is 0 Å². The number of benzene rings is 2. The van der Waals surface area contributed by atoms with Crippen molar-refractivity contribution < 1.29 is 28.3 Å². The third-order valence-corrected chi connectivity index (χ3v) is 4.20. The molecule has 29 heavy (non-hydrogen) atoms. The summed E-state index contributed by atoms with van der Waals surface area (Å²) in [5.41, 5.74) is -0.132. The first-order valence-electron chi connectivity index (χ1n) is 8.50. The van der Waals surface area contributed by atoms with Crippen LogP contribution in [0.5, 0.6) is 5.75 Å². The van der Waals surface area contributed by atoms with Gasteiger partial charge in [-0.25, -0.2) is 19.0 Å². The average Bonchev–Trinajstić information content (AvgIpc) is 2.89. The lowest BCUT2D eigenvalue weighted by atomic mass is 10.2. The molecule has 3 rings (SSSR count). The Bertz CT molecular complexity index is 1010. The zero-order valence-electron chi connectivity index (χ0n) is 15.1. The molecule has 0 aromatic heterocycles. The summed E-state index contributed by atoms with van der Waals surface area (Å²) < 4.78 is 19.2. The fraction of sp³-hybridized carbons (Fsp3) is 0.158. The van der Waals surface area contributed by atoms with Crippen LogP contribution in [0.15, 0.2) is 42.5 Å². The summed E-state index contributed by atoms with van der Waals surface area (Å²) in [5.74, 6) is -3.69. The van der Waals surface area contributed by atoms with Gasteiger partial charge in [-0.1, -0.05) is 23.7 Å². The largest absolute Gasteiger partial charge is 0.492 e. The fourth-order valence-electron chi connectivity index (χ4n) is 2.70. The Labute approximate surface area is 169 Å². The van der Waals surface area contributed by atoms with Crippen LogP contribution in [0.1, 0.15) is 6.92 Å². The van der Waals surface area contributed by atoms with Gasteiger partial charge in [0.05, 0.1) is 18.0 Å². The second-order valence-corrected chi connectivity index (χ2v) is 6.32. The van der Waals surface area contributed by atoms with Crippen molar-refractivity contribution in [3.05, 3.63) is 53.3 Å². The van der Waals surface area contributed by atoms with E-state index in [9.17, 15) is 23.6 Å². The molecule has 1 N–H and O–H groups in total. The average molecular weight is 420 g/mol. The molecule has 0 spiro atoms. The zero-order valence-corrected chi connectivity index (χ0v) is 15.9. The van der Waals surface area contributed by atoms with E-state index >= 15 is 0 Å². The molecular weight excluding hydrogens is 405 g/mol. The normalized spacial score (nSPS) is 13.8. The predicted octanol–water partition coefficient (Wildman–Crippen LogP) is 2.81. The van der Waals surface area contributed by atoms with E-state index in [4.69, 9.17) is 16.3 Å². The SMILES string of the molecule is CCOc1ccccc1N1C(=O)C(=O)N(CC(=O)Nc2cc(Cl)ccc2F)C1=O. The molecule has 1 heterocycles. The molecular formula is C19H15ClFN3O5. The van der Waals surface area contributed by atoms with Crippen LogP contribution in [0.25, 0.3) is 0 Å². The van der Waals surface area contributed by atoms with E-state index in [2.05, 4.69) is 5.32 Å². The molecule has 5 amide bonds. The number of carbonyl (C=O) groups excluding carboxylic acids is 4. The number of nitrogens with one attached hydrogen (secondary N) is 1. The quantitative estimate of drug-likeness (QED) is 0.573. The smallest absolute Gasteiger partial charge is 0.339 e. The number of nitrogens with zero attached hydrogens (tertiary/aromatic N) is 2. The van der Waals surface area contributed by atoms with Crippen LogP contribution in [-0.2, 0) is 14.4 Å². The van der Waals surface area contributed by atoms with Gasteiger partial charge in [-0.2, -0.15) is 0 Å². The Morgan fingerprint density at radius 1 is 1.14 bits per heavy atom. The molecule has 1 saturated heterocycles. The maximum absolute atomic E-state index is 13.8. The summed E-state index contributed by atoms with van der Waals surface area (Å²) in [6, 6.07) is 8.73. The van der Waals surface area contributed by atoms with Crippen molar-refractivity contribution in [2.45, 2.75) is 6.92 Å². The predicted molar refractivity (Wildman–Crippen MR) is 102 cm³/mol. The third-order valence-electron chi connectivity index (χ3n) is 3.96. The van der Waals surface area contributed by atoms with Gasteiger partial charge in [-0.3, -0.25) is 14.4 Å². The van der Waals surface area contributed by atoms with E-state index in [1.165, 1.54) is 18.2 Å². The Morgan fingerprint density at radius 3 is 2.59 bits per heavy atom. The number of hydrogen-bond acceptors (Lipinski definition) is 5. The minimum absolute atomic E-state index is 0.0847. The first-order valence-corrected chi connectivity index (χ1v) is 8.88. The highest BCUT2D eigenvalue weighted by Crippen LogP contribution is 2.31. The van der Waals surface area contributed by atoms with Gasteiger partial charge in [0.1, 0.15) is 18.1 Å². The molecule has 0 radical (unpaired) electrons. The van der Waals surface area contributed by atoms with Gasteiger partial charge in [-0.05, 0) is 37.3 Å². The fourth-order valence-corrected chi connectivity index (χ4v) is 2.88. The van der Waals surface area contributed by atoms with Gasteiger partial charge in [0.15, 0.2) is 0 Å². The number of para-hydroxylation sites is 2. The number of ether oxygens (including phenoxy) is 1. The highest BCUT2D eigenvalue weighted by molar-refractivity contribution is 6.53. The molecule has 0 unspecified atom stereocenters. The van der Waals surface area contributed by atoms with Crippen molar-refractivity contribution in [2.75, 3.05) is 23.4 Å². The Balaban J connectivity index is 1.80. The van der Waals surface area contributed by atoms with Gasteiger partial charge in [-0.15, -0.1) is 0 Å². The maximum Gasteiger partial charge on any atom is 0.339 e. The second kappa shape index (κ2) is 8.27. The molecule has 2 aromatic carbocycles. The summed E-state index contributed by atoms with van der Waals surface area (Å²) in [6.45, 7) is 1.22. The van der Waals surface area contributed by atoms with Gasteiger partial charge in [0.25, 0.3) is 0 Å². The summed E-state index contributed by atoms with van der Waals surface area (Å²) in [7, 11) is 0. The van der Waals surface area contributed by atoms with E-state index < -0.39 is 36.1 Å². The number of rotatable bonds is 6. The molecule has 2 aromatic rings. The lowest BCUT2D eigenvalue weighted by Crippen LogP contribution is -2.39.